The first kappa shape index (κ1) is 16.3. The van der Waals surface area contributed by atoms with Gasteiger partial charge in [-0.25, -0.2) is 4.39 Å². The van der Waals surface area contributed by atoms with E-state index in [1.807, 2.05) is 37.3 Å². The van der Waals surface area contributed by atoms with E-state index in [9.17, 15) is 4.39 Å². The van der Waals surface area contributed by atoms with Crippen molar-refractivity contribution in [2.45, 2.75) is 36.5 Å². The first-order valence-electron chi connectivity index (χ1n) is 7.01. The Morgan fingerprint density at radius 2 is 1.95 bits per heavy atom. The van der Waals surface area contributed by atoms with E-state index >= 15 is 0 Å². The van der Waals surface area contributed by atoms with Crippen molar-refractivity contribution in [3.05, 3.63) is 64.4 Å². The van der Waals surface area contributed by atoms with Gasteiger partial charge in [0.05, 0.1) is 0 Å². The van der Waals surface area contributed by atoms with Crippen molar-refractivity contribution < 1.29 is 4.39 Å². The van der Waals surface area contributed by atoms with Gasteiger partial charge < -0.3 is 5.73 Å². The minimum absolute atomic E-state index is 0.0124. The fourth-order valence-corrected chi connectivity index (χ4v) is 3.42. The maximum Gasteiger partial charge on any atom is 0.127 e. The third kappa shape index (κ3) is 4.47. The molecule has 0 heterocycles. The number of rotatable bonds is 6. The number of halogens is 2. The summed E-state index contributed by atoms with van der Waals surface area (Å²) in [6, 6.07) is 12.9. The minimum Gasteiger partial charge on any atom is -0.327 e. The molecule has 0 fully saturated rings. The Bertz CT molecular complexity index is 603. The van der Waals surface area contributed by atoms with E-state index in [-0.39, 0.29) is 11.9 Å². The summed E-state index contributed by atoms with van der Waals surface area (Å²) in [6.45, 7) is 2.02. The molecule has 2 aromatic rings. The standard InChI is InChI=1S/C17H19ClFNS/c1-2-13(20)10-14-16(19)8-5-9-17(14)21-11-12-6-3-4-7-15(12)18/h3-9,13H,2,10-11,20H2,1H3. The molecule has 0 saturated carbocycles. The summed E-state index contributed by atoms with van der Waals surface area (Å²) in [6.07, 6.45) is 1.40. The van der Waals surface area contributed by atoms with Gasteiger partial charge in [0, 0.05) is 27.3 Å². The summed E-state index contributed by atoms with van der Waals surface area (Å²) < 4.78 is 14.1. The number of benzene rings is 2. The van der Waals surface area contributed by atoms with Crippen LogP contribution in [-0.2, 0) is 12.2 Å². The largest absolute Gasteiger partial charge is 0.327 e. The Kier molecular flexibility index (Phi) is 6.09. The van der Waals surface area contributed by atoms with Crippen LogP contribution in [0.2, 0.25) is 5.02 Å². The SMILES string of the molecule is CCC(N)Cc1c(F)cccc1SCc1ccccc1Cl. The van der Waals surface area contributed by atoms with Crippen molar-refractivity contribution in [3.63, 3.8) is 0 Å². The highest BCUT2D eigenvalue weighted by Gasteiger charge is 2.12. The zero-order valence-corrected chi connectivity index (χ0v) is 13.6. The lowest BCUT2D eigenvalue weighted by molar-refractivity contribution is 0.571. The van der Waals surface area contributed by atoms with Crippen LogP contribution in [-0.4, -0.2) is 6.04 Å². The maximum absolute atomic E-state index is 14.1. The lowest BCUT2D eigenvalue weighted by Crippen LogP contribution is -2.22. The summed E-state index contributed by atoms with van der Waals surface area (Å²) in [4.78, 5) is 0.943. The molecule has 0 spiro atoms. The van der Waals surface area contributed by atoms with E-state index in [0.29, 0.717) is 12.0 Å². The highest BCUT2D eigenvalue weighted by atomic mass is 35.5. The van der Waals surface area contributed by atoms with Crippen LogP contribution in [0.1, 0.15) is 24.5 Å². The molecule has 21 heavy (non-hydrogen) atoms. The van der Waals surface area contributed by atoms with Crippen molar-refractivity contribution in [3.8, 4) is 0 Å². The fraction of sp³-hybridized carbons (Fsp3) is 0.294. The molecule has 0 aliphatic heterocycles. The van der Waals surface area contributed by atoms with Gasteiger partial charge in [-0.15, -0.1) is 11.8 Å². The lowest BCUT2D eigenvalue weighted by atomic mass is 10.0. The predicted octanol–water partition coefficient (Wildman–Crippen LogP) is 5.05. The molecular weight excluding hydrogens is 305 g/mol. The Balaban J connectivity index is 2.16. The average molecular weight is 324 g/mol. The summed E-state index contributed by atoms with van der Waals surface area (Å²) in [5.41, 5.74) is 7.74. The van der Waals surface area contributed by atoms with Crippen molar-refractivity contribution in [2.24, 2.45) is 5.73 Å². The Hall–Kier alpha value is -1.03. The first-order valence-corrected chi connectivity index (χ1v) is 8.37. The van der Waals surface area contributed by atoms with Gasteiger partial charge in [0.2, 0.25) is 0 Å². The normalized spacial score (nSPS) is 12.4. The molecule has 0 saturated heterocycles. The highest BCUT2D eigenvalue weighted by Crippen LogP contribution is 2.31. The van der Waals surface area contributed by atoms with Crippen molar-refractivity contribution >= 4 is 23.4 Å². The molecule has 2 N–H and O–H groups in total. The van der Waals surface area contributed by atoms with E-state index in [1.165, 1.54) is 6.07 Å². The number of hydrogen-bond acceptors (Lipinski definition) is 2. The molecule has 0 aliphatic carbocycles. The third-order valence-corrected chi connectivity index (χ3v) is 4.93. The number of thioether (sulfide) groups is 1. The first-order chi connectivity index (χ1) is 10.1. The van der Waals surface area contributed by atoms with Crippen LogP contribution in [0.25, 0.3) is 0 Å². The molecule has 2 aromatic carbocycles. The predicted molar refractivity (Wildman–Crippen MR) is 89.4 cm³/mol. The Morgan fingerprint density at radius 3 is 2.67 bits per heavy atom. The van der Waals surface area contributed by atoms with Gasteiger partial charge in [-0.1, -0.05) is 42.8 Å². The molecule has 0 aromatic heterocycles. The van der Waals surface area contributed by atoms with Crippen molar-refractivity contribution in [2.75, 3.05) is 0 Å². The molecule has 0 amide bonds. The van der Waals surface area contributed by atoms with Crippen LogP contribution in [0.3, 0.4) is 0 Å². The van der Waals surface area contributed by atoms with Gasteiger partial charge in [0.15, 0.2) is 0 Å². The zero-order valence-electron chi connectivity index (χ0n) is 12.0. The monoisotopic (exact) mass is 323 g/mol. The van der Waals surface area contributed by atoms with Gasteiger partial charge in [-0.2, -0.15) is 0 Å². The fourth-order valence-electron chi connectivity index (χ4n) is 2.05. The van der Waals surface area contributed by atoms with Crippen molar-refractivity contribution in [1.82, 2.24) is 0 Å². The highest BCUT2D eigenvalue weighted by molar-refractivity contribution is 7.98. The molecule has 0 bridgehead atoms. The summed E-state index contributed by atoms with van der Waals surface area (Å²) in [7, 11) is 0. The van der Waals surface area contributed by atoms with Crippen LogP contribution in [0.4, 0.5) is 4.39 Å². The Morgan fingerprint density at radius 1 is 1.19 bits per heavy atom. The molecule has 1 unspecified atom stereocenters. The maximum atomic E-state index is 14.1. The quantitative estimate of drug-likeness (QED) is 0.753. The molecule has 112 valence electrons. The van der Waals surface area contributed by atoms with Gasteiger partial charge in [0.1, 0.15) is 5.82 Å². The summed E-state index contributed by atoms with van der Waals surface area (Å²) in [5.74, 6) is 0.542. The topological polar surface area (TPSA) is 26.0 Å². The summed E-state index contributed by atoms with van der Waals surface area (Å²) in [5, 5.41) is 0.744. The van der Waals surface area contributed by atoms with E-state index in [4.69, 9.17) is 17.3 Å². The average Bonchev–Trinajstić information content (AvgIpc) is 2.49. The second-order valence-corrected chi connectivity index (χ2v) is 6.39. The van der Waals surface area contributed by atoms with E-state index < -0.39 is 0 Å². The van der Waals surface area contributed by atoms with Crippen LogP contribution < -0.4 is 5.73 Å². The molecule has 0 aliphatic rings. The van der Waals surface area contributed by atoms with Gasteiger partial charge in [-0.3, -0.25) is 0 Å². The zero-order chi connectivity index (χ0) is 15.2. The van der Waals surface area contributed by atoms with Crippen LogP contribution in [0.5, 0.6) is 0 Å². The molecule has 1 nitrogen and oxygen atoms in total. The Labute approximate surface area is 134 Å². The summed E-state index contributed by atoms with van der Waals surface area (Å²) >= 11 is 7.76. The van der Waals surface area contributed by atoms with E-state index in [0.717, 1.165) is 27.7 Å². The molecule has 0 radical (unpaired) electrons. The van der Waals surface area contributed by atoms with E-state index in [1.54, 1.807) is 17.8 Å². The van der Waals surface area contributed by atoms with Gasteiger partial charge in [-0.05, 0) is 36.6 Å². The van der Waals surface area contributed by atoms with Crippen LogP contribution >= 0.6 is 23.4 Å². The van der Waals surface area contributed by atoms with E-state index in [2.05, 4.69) is 0 Å². The second kappa shape index (κ2) is 7.83. The van der Waals surface area contributed by atoms with Crippen molar-refractivity contribution in [1.29, 1.82) is 0 Å². The minimum atomic E-state index is -0.178. The molecule has 4 heteroatoms. The number of nitrogens with two attached hydrogens (primary N) is 1. The third-order valence-electron chi connectivity index (χ3n) is 3.41. The molecule has 1 atom stereocenters. The lowest BCUT2D eigenvalue weighted by Gasteiger charge is -2.14. The van der Waals surface area contributed by atoms with Crippen LogP contribution in [0.15, 0.2) is 47.4 Å². The molecular formula is C17H19ClFNS. The second-order valence-electron chi connectivity index (χ2n) is 4.97. The number of hydrogen-bond donors (Lipinski definition) is 1. The van der Waals surface area contributed by atoms with Crippen LogP contribution in [0, 0.1) is 5.82 Å². The van der Waals surface area contributed by atoms with Gasteiger partial charge >= 0.3 is 0 Å². The van der Waals surface area contributed by atoms with Gasteiger partial charge in [0.25, 0.3) is 0 Å². The smallest absolute Gasteiger partial charge is 0.127 e. The molecule has 2 rings (SSSR count).